The van der Waals surface area contributed by atoms with Crippen LogP contribution in [0.5, 0.6) is 0 Å². The number of hydrogen-bond donors (Lipinski definition) is 0. The van der Waals surface area contributed by atoms with E-state index in [4.69, 9.17) is 0 Å². The van der Waals surface area contributed by atoms with Gasteiger partial charge in [-0.1, -0.05) is 32.6 Å². The zero-order valence-electron chi connectivity index (χ0n) is 6.90. The summed E-state index contributed by atoms with van der Waals surface area (Å²) in [6.45, 7) is 2.44. The molecule has 0 heteroatoms. The lowest BCUT2D eigenvalue weighted by atomic mass is 9.65. The average molecular weight is 137 g/mol. The van der Waals surface area contributed by atoms with Crippen LogP contribution in [-0.4, -0.2) is 0 Å². The van der Waals surface area contributed by atoms with Crippen molar-refractivity contribution in [3.8, 4) is 0 Å². The van der Waals surface area contributed by atoms with Crippen LogP contribution in [-0.2, 0) is 0 Å². The van der Waals surface area contributed by atoms with Gasteiger partial charge in [-0.25, -0.2) is 0 Å². The van der Waals surface area contributed by atoms with Gasteiger partial charge in [-0.15, -0.1) is 0 Å². The third-order valence-corrected chi connectivity index (χ3v) is 3.50. The Balaban J connectivity index is 2.05. The minimum atomic E-state index is 0.988. The highest BCUT2D eigenvalue weighted by Gasteiger charge is 2.32. The summed E-state index contributed by atoms with van der Waals surface area (Å²) < 4.78 is 0. The van der Waals surface area contributed by atoms with Gasteiger partial charge in [0.05, 0.1) is 0 Å². The molecular formula is C10H17. The van der Waals surface area contributed by atoms with Crippen molar-refractivity contribution in [3.05, 3.63) is 5.92 Å². The Morgan fingerprint density at radius 3 is 2.10 bits per heavy atom. The smallest absolute Gasteiger partial charge is 0.0210 e. The first kappa shape index (κ1) is 6.69. The molecule has 0 nitrogen and oxygen atoms in total. The molecule has 0 spiro atoms. The zero-order chi connectivity index (χ0) is 6.97. The molecule has 1 atom stereocenters. The van der Waals surface area contributed by atoms with Crippen molar-refractivity contribution in [1.29, 1.82) is 0 Å². The molecule has 57 valence electrons. The van der Waals surface area contributed by atoms with E-state index >= 15 is 0 Å². The lowest BCUT2D eigenvalue weighted by Gasteiger charge is -2.40. The van der Waals surface area contributed by atoms with Crippen molar-refractivity contribution in [3.63, 3.8) is 0 Å². The third-order valence-electron chi connectivity index (χ3n) is 3.50. The highest BCUT2D eigenvalue weighted by atomic mass is 14.4. The molecule has 1 radical (unpaired) electrons. The van der Waals surface area contributed by atoms with E-state index in [1.54, 1.807) is 0 Å². The summed E-state index contributed by atoms with van der Waals surface area (Å²) in [6, 6.07) is 0. The van der Waals surface area contributed by atoms with Crippen LogP contribution in [0.4, 0.5) is 0 Å². The van der Waals surface area contributed by atoms with Crippen LogP contribution in [0.25, 0.3) is 0 Å². The Morgan fingerprint density at radius 2 is 1.70 bits per heavy atom. The van der Waals surface area contributed by atoms with Gasteiger partial charge in [-0.3, -0.25) is 0 Å². The van der Waals surface area contributed by atoms with E-state index in [9.17, 15) is 0 Å². The second kappa shape index (κ2) is 2.56. The summed E-state index contributed by atoms with van der Waals surface area (Å²) >= 11 is 0. The molecular weight excluding hydrogens is 120 g/mol. The lowest BCUT2D eigenvalue weighted by molar-refractivity contribution is 0.214. The minimum Gasteiger partial charge on any atom is -0.0617 e. The van der Waals surface area contributed by atoms with Crippen molar-refractivity contribution < 1.29 is 0 Å². The molecule has 2 saturated carbocycles. The molecule has 1 unspecified atom stereocenters. The molecule has 0 aromatic rings. The van der Waals surface area contributed by atoms with Gasteiger partial charge in [0.2, 0.25) is 0 Å². The van der Waals surface area contributed by atoms with E-state index in [0.29, 0.717) is 0 Å². The van der Waals surface area contributed by atoms with Crippen LogP contribution in [0.2, 0.25) is 0 Å². The van der Waals surface area contributed by atoms with E-state index in [-0.39, 0.29) is 0 Å². The van der Waals surface area contributed by atoms with Gasteiger partial charge < -0.3 is 0 Å². The predicted molar refractivity (Wildman–Crippen MR) is 43.6 cm³/mol. The van der Waals surface area contributed by atoms with E-state index in [0.717, 1.165) is 11.8 Å². The summed E-state index contributed by atoms with van der Waals surface area (Å²) in [6.07, 6.45) is 8.93. The van der Waals surface area contributed by atoms with E-state index in [1.165, 1.54) is 38.5 Å². The van der Waals surface area contributed by atoms with E-state index in [1.807, 2.05) is 5.92 Å². The van der Waals surface area contributed by atoms with Gasteiger partial charge in [0.1, 0.15) is 0 Å². The minimum absolute atomic E-state index is 0.988. The van der Waals surface area contributed by atoms with E-state index in [2.05, 4.69) is 6.92 Å². The molecule has 0 heterocycles. The molecule has 2 aliphatic carbocycles. The SMILES string of the molecule is CC1[C]2CCCC1CCC2. The van der Waals surface area contributed by atoms with Gasteiger partial charge in [-0.05, 0) is 30.6 Å². The van der Waals surface area contributed by atoms with Crippen molar-refractivity contribution in [2.75, 3.05) is 0 Å². The van der Waals surface area contributed by atoms with Crippen molar-refractivity contribution in [2.24, 2.45) is 11.8 Å². The third kappa shape index (κ3) is 0.980. The highest BCUT2D eigenvalue weighted by Crippen LogP contribution is 2.45. The normalized spacial score (nSPS) is 41.7. The fraction of sp³-hybridized carbons (Fsp3) is 0.900. The quantitative estimate of drug-likeness (QED) is 0.481. The van der Waals surface area contributed by atoms with Crippen LogP contribution < -0.4 is 0 Å². The maximum Gasteiger partial charge on any atom is -0.0210 e. The summed E-state index contributed by atoms with van der Waals surface area (Å²) in [5, 5.41) is 0. The Bertz CT molecular complexity index is 95.2. The van der Waals surface area contributed by atoms with Gasteiger partial charge >= 0.3 is 0 Å². The Labute approximate surface area is 64.0 Å². The standard InChI is InChI=1S/C10H17/c1-8-9-4-2-5-10(8)7-3-6-9/h8-9H,2-7H2,1H3. The Morgan fingerprint density at radius 1 is 1.10 bits per heavy atom. The largest absolute Gasteiger partial charge is 0.0617 e. The number of hydrogen-bond acceptors (Lipinski definition) is 0. The molecule has 0 N–H and O–H groups in total. The van der Waals surface area contributed by atoms with Crippen LogP contribution in [0.1, 0.15) is 45.4 Å². The molecule has 0 saturated heterocycles. The fourth-order valence-corrected chi connectivity index (χ4v) is 2.74. The zero-order valence-corrected chi connectivity index (χ0v) is 6.90. The molecule has 10 heavy (non-hydrogen) atoms. The molecule has 2 rings (SSSR count). The molecule has 0 aliphatic heterocycles. The second-order valence-corrected chi connectivity index (χ2v) is 3.99. The van der Waals surface area contributed by atoms with Crippen molar-refractivity contribution in [2.45, 2.75) is 45.4 Å². The van der Waals surface area contributed by atoms with Gasteiger partial charge in [0, 0.05) is 0 Å². The van der Waals surface area contributed by atoms with Crippen molar-refractivity contribution >= 4 is 0 Å². The highest BCUT2D eigenvalue weighted by molar-refractivity contribution is 5.03. The monoisotopic (exact) mass is 137 g/mol. The summed E-state index contributed by atoms with van der Waals surface area (Å²) in [4.78, 5) is 0. The first-order valence-electron chi connectivity index (χ1n) is 4.72. The van der Waals surface area contributed by atoms with E-state index < -0.39 is 0 Å². The maximum atomic E-state index is 2.44. The Hall–Kier alpha value is 0. The summed E-state index contributed by atoms with van der Waals surface area (Å²) in [5.41, 5.74) is 0. The number of rotatable bonds is 0. The topological polar surface area (TPSA) is 0 Å². The van der Waals surface area contributed by atoms with Crippen LogP contribution in [0.3, 0.4) is 0 Å². The lowest BCUT2D eigenvalue weighted by Crippen LogP contribution is -2.28. The molecule has 2 aliphatic rings. The number of fused-ring (bicyclic) bond motifs is 2. The molecule has 0 aromatic heterocycles. The second-order valence-electron chi connectivity index (χ2n) is 3.99. The van der Waals surface area contributed by atoms with Gasteiger partial charge in [0.25, 0.3) is 0 Å². The molecule has 2 bridgehead atoms. The molecule has 0 aromatic carbocycles. The predicted octanol–water partition coefficient (Wildman–Crippen LogP) is 3.18. The van der Waals surface area contributed by atoms with Gasteiger partial charge in [0.15, 0.2) is 0 Å². The van der Waals surface area contributed by atoms with Crippen LogP contribution >= 0.6 is 0 Å². The van der Waals surface area contributed by atoms with Crippen LogP contribution in [0.15, 0.2) is 0 Å². The Kier molecular flexibility index (Phi) is 1.71. The summed E-state index contributed by atoms with van der Waals surface area (Å²) in [5.74, 6) is 3.96. The molecule has 0 amide bonds. The van der Waals surface area contributed by atoms with Crippen molar-refractivity contribution in [1.82, 2.24) is 0 Å². The van der Waals surface area contributed by atoms with Gasteiger partial charge in [-0.2, -0.15) is 0 Å². The fourth-order valence-electron chi connectivity index (χ4n) is 2.74. The molecule has 2 fully saturated rings. The average Bonchev–Trinajstić information content (AvgIpc) is 1.86. The first-order valence-corrected chi connectivity index (χ1v) is 4.72. The van der Waals surface area contributed by atoms with Crippen LogP contribution in [0, 0.1) is 17.8 Å². The summed E-state index contributed by atoms with van der Waals surface area (Å²) in [7, 11) is 0. The first-order chi connectivity index (χ1) is 4.88. The maximum absolute atomic E-state index is 2.44.